The van der Waals surface area contributed by atoms with E-state index >= 15 is 0 Å². The number of hydrazone groups is 1. The molecule has 34 heavy (non-hydrogen) atoms. The Hall–Kier alpha value is -3.19. The smallest absolute Gasteiger partial charge is 0.259 e. The third-order valence-corrected chi connectivity index (χ3v) is 6.91. The van der Waals surface area contributed by atoms with Gasteiger partial charge in [0.15, 0.2) is 0 Å². The Labute approximate surface area is 200 Å². The number of pyridine rings is 2. The minimum Gasteiger partial charge on any atom is -0.340 e. The summed E-state index contributed by atoms with van der Waals surface area (Å²) in [6, 6.07) is 12.6. The number of benzene rings is 1. The van der Waals surface area contributed by atoms with Crippen molar-refractivity contribution in [2.24, 2.45) is 11.0 Å². The molecule has 1 saturated heterocycles. The Morgan fingerprint density at radius 1 is 1.15 bits per heavy atom. The maximum absolute atomic E-state index is 12.7. The summed E-state index contributed by atoms with van der Waals surface area (Å²) < 4.78 is 0. The zero-order chi connectivity index (χ0) is 23.7. The molecule has 0 spiro atoms. The van der Waals surface area contributed by atoms with Crippen LogP contribution in [0.3, 0.4) is 0 Å². The molecule has 0 amide bonds. The van der Waals surface area contributed by atoms with E-state index in [0.717, 1.165) is 42.9 Å². The van der Waals surface area contributed by atoms with Crippen molar-refractivity contribution in [3.8, 4) is 0 Å². The summed E-state index contributed by atoms with van der Waals surface area (Å²) in [6.45, 7) is 8.43. The van der Waals surface area contributed by atoms with Crippen molar-refractivity contribution in [1.29, 1.82) is 0 Å². The highest BCUT2D eigenvalue weighted by atomic mass is 16.1. The first-order chi connectivity index (χ1) is 16.5. The Morgan fingerprint density at radius 2 is 1.91 bits per heavy atom. The van der Waals surface area contributed by atoms with E-state index in [1.807, 2.05) is 18.3 Å². The van der Waals surface area contributed by atoms with Crippen LogP contribution in [0.1, 0.15) is 49.8 Å². The lowest BCUT2D eigenvalue weighted by Crippen LogP contribution is -2.29. The summed E-state index contributed by atoms with van der Waals surface area (Å²) in [6.07, 6.45) is 6.07. The van der Waals surface area contributed by atoms with Crippen molar-refractivity contribution in [2.75, 3.05) is 38.5 Å². The van der Waals surface area contributed by atoms with Gasteiger partial charge in [-0.1, -0.05) is 26.0 Å². The molecule has 0 saturated carbocycles. The summed E-state index contributed by atoms with van der Waals surface area (Å²) in [4.78, 5) is 22.8. The molecule has 1 aromatic carbocycles. The van der Waals surface area contributed by atoms with Crippen molar-refractivity contribution in [1.82, 2.24) is 19.9 Å². The fraction of sp³-hybridized carbons (Fsp3) is 0.444. The molecule has 7 nitrogen and oxygen atoms in total. The zero-order valence-corrected chi connectivity index (χ0v) is 20.3. The highest BCUT2D eigenvalue weighted by Crippen LogP contribution is 2.31. The number of hydrogen-bond donors (Lipinski definition) is 2. The van der Waals surface area contributed by atoms with Gasteiger partial charge in [0, 0.05) is 31.2 Å². The molecule has 178 valence electrons. The van der Waals surface area contributed by atoms with E-state index < -0.39 is 0 Å². The molecule has 1 fully saturated rings. The van der Waals surface area contributed by atoms with E-state index in [1.54, 1.807) is 6.20 Å². The third-order valence-electron chi connectivity index (χ3n) is 6.91. The van der Waals surface area contributed by atoms with E-state index in [0.29, 0.717) is 23.0 Å². The molecule has 4 heterocycles. The molecule has 0 aliphatic carbocycles. The van der Waals surface area contributed by atoms with Gasteiger partial charge < -0.3 is 15.2 Å². The highest BCUT2D eigenvalue weighted by Gasteiger charge is 2.23. The van der Waals surface area contributed by atoms with Crippen molar-refractivity contribution < 1.29 is 0 Å². The van der Waals surface area contributed by atoms with Gasteiger partial charge in [0.25, 0.3) is 5.56 Å². The van der Waals surface area contributed by atoms with Crippen molar-refractivity contribution in [3.63, 3.8) is 0 Å². The molecule has 2 aromatic heterocycles. The number of piperidine rings is 1. The standard InChI is InChI=1S/C27H34N6O/c1-18(2)16-33-17-22(15-29-33)24-14-21-8-11-28-27(34)25(21)26(31-24)30-23-6-4-19(5-7-23)20-9-12-32(3)13-10-20/h4-8,11,14-15,18,20,22H,9-10,12-13,16-17H2,1-3H3,(H,28,34)(H,30,31). The number of rotatable bonds is 6. The number of hydrogen-bond acceptors (Lipinski definition) is 6. The lowest BCUT2D eigenvalue weighted by molar-refractivity contribution is 0.255. The minimum atomic E-state index is -0.136. The SMILES string of the molecule is CC(C)CN1CC(c2cc3cc[nH]c(=O)c3c(Nc3ccc(C4CCN(C)CC4)cc3)n2)C=N1. The maximum atomic E-state index is 12.7. The highest BCUT2D eigenvalue weighted by molar-refractivity contribution is 5.93. The molecule has 0 radical (unpaired) electrons. The molecular formula is C27H34N6O. The second kappa shape index (κ2) is 9.58. The van der Waals surface area contributed by atoms with Gasteiger partial charge in [-0.15, -0.1) is 0 Å². The summed E-state index contributed by atoms with van der Waals surface area (Å²) in [5.41, 5.74) is 3.12. The fourth-order valence-electron chi connectivity index (χ4n) is 5.04. The number of aromatic nitrogens is 2. The van der Waals surface area contributed by atoms with Crippen molar-refractivity contribution >= 4 is 28.5 Å². The van der Waals surface area contributed by atoms with E-state index in [9.17, 15) is 4.79 Å². The maximum Gasteiger partial charge on any atom is 0.259 e. The molecule has 1 atom stereocenters. The zero-order valence-electron chi connectivity index (χ0n) is 20.3. The summed E-state index contributed by atoms with van der Waals surface area (Å²) in [5, 5.41) is 11.6. The molecule has 7 heteroatoms. The van der Waals surface area contributed by atoms with Crippen LogP contribution in [0.4, 0.5) is 11.5 Å². The van der Waals surface area contributed by atoms with Crippen LogP contribution < -0.4 is 10.9 Å². The Balaban J connectivity index is 1.41. The van der Waals surface area contributed by atoms with Gasteiger partial charge >= 0.3 is 0 Å². The number of anilines is 2. The quantitative estimate of drug-likeness (QED) is 0.568. The van der Waals surface area contributed by atoms with Gasteiger partial charge in [0.1, 0.15) is 5.82 Å². The van der Waals surface area contributed by atoms with Gasteiger partial charge in [0.05, 0.1) is 17.0 Å². The second-order valence-electron chi connectivity index (χ2n) is 10.1. The Bertz CT molecular complexity index is 1220. The summed E-state index contributed by atoms with van der Waals surface area (Å²) in [5.74, 6) is 1.87. The van der Waals surface area contributed by atoms with Gasteiger partial charge in [-0.2, -0.15) is 5.10 Å². The van der Waals surface area contributed by atoms with Crippen LogP contribution in [0.2, 0.25) is 0 Å². The molecule has 1 unspecified atom stereocenters. The van der Waals surface area contributed by atoms with Crippen molar-refractivity contribution in [2.45, 2.75) is 38.5 Å². The molecular weight excluding hydrogens is 424 g/mol. The normalized spacial score (nSPS) is 19.4. The van der Waals surface area contributed by atoms with Crippen molar-refractivity contribution in [3.05, 3.63) is 64.2 Å². The lowest BCUT2D eigenvalue weighted by Gasteiger charge is -2.29. The van der Waals surface area contributed by atoms with E-state index in [1.165, 1.54) is 18.4 Å². The predicted molar refractivity (Wildman–Crippen MR) is 139 cm³/mol. The van der Waals surface area contributed by atoms with E-state index in [4.69, 9.17) is 4.98 Å². The third kappa shape index (κ3) is 4.85. The summed E-state index contributed by atoms with van der Waals surface area (Å²) >= 11 is 0. The molecule has 0 bridgehead atoms. The topological polar surface area (TPSA) is 76.6 Å². The predicted octanol–water partition coefficient (Wildman–Crippen LogP) is 4.52. The largest absolute Gasteiger partial charge is 0.340 e. The Morgan fingerprint density at radius 3 is 2.65 bits per heavy atom. The van der Waals surface area contributed by atoms with Gasteiger partial charge in [-0.05, 0) is 80.0 Å². The average molecular weight is 459 g/mol. The molecule has 5 rings (SSSR count). The monoisotopic (exact) mass is 458 g/mol. The van der Waals surface area contributed by atoms with Crippen LogP contribution in [0, 0.1) is 5.92 Å². The lowest BCUT2D eigenvalue weighted by atomic mass is 9.89. The van der Waals surface area contributed by atoms with Gasteiger partial charge in [-0.25, -0.2) is 4.98 Å². The van der Waals surface area contributed by atoms with Crippen LogP contribution in [0.15, 0.2) is 52.5 Å². The first-order valence-electron chi connectivity index (χ1n) is 12.3. The Kier molecular flexibility index (Phi) is 6.37. The fourth-order valence-corrected chi connectivity index (χ4v) is 5.04. The summed E-state index contributed by atoms with van der Waals surface area (Å²) in [7, 11) is 2.19. The first-order valence-corrected chi connectivity index (χ1v) is 12.3. The number of aromatic amines is 1. The van der Waals surface area contributed by atoms with Crippen LogP contribution in [0.5, 0.6) is 0 Å². The first kappa shape index (κ1) is 22.6. The van der Waals surface area contributed by atoms with Crippen LogP contribution in [0.25, 0.3) is 10.8 Å². The average Bonchev–Trinajstić information content (AvgIpc) is 3.28. The van der Waals surface area contributed by atoms with Crippen LogP contribution in [-0.4, -0.2) is 59.3 Å². The number of fused-ring (bicyclic) bond motifs is 1. The molecule has 2 aliphatic heterocycles. The van der Waals surface area contributed by atoms with E-state index in [-0.39, 0.29) is 11.5 Å². The number of nitrogens with zero attached hydrogens (tertiary/aromatic N) is 4. The number of nitrogens with one attached hydrogen (secondary N) is 2. The van der Waals surface area contributed by atoms with Crippen LogP contribution in [-0.2, 0) is 0 Å². The van der Waals surface area contributed by atoms with Crippen LogP contribution >= 0.6 is 0 Å². The number of H-pyrrole nitrogens is 1. The minimum absolute atomic E-state index is 0.106. The molecule has 2 aliphatic rings. The molecule has 2 N–H and O–H groups in total. The van der Waals surface area contributed by atoms with Gasteiger partial charge in [0.2, 0.25) is 0 Å². The van der Waals surface area contributed by atoms with E-state index in [2.05, 4.69) is 70.5 Å². The number of likely N-dealkylation sites (tertiary alicyclic amines) is 1. The van der Waals surface area contributed by atoms with Gasteiger partial charge in [-0.3, -0.25) is 9.80 Å². The second-order valence-corrected chi connectivity index (χ2v) is 10.1. The molecule has 3 aromatic rings.